The van der Waals surface area contributed by atoms with Crippen molar-refractivity contribution < 1.29 is 4.42 Å². The lowest BCUT2D eigenvalue weighted by Gasteiger charge is -1.97. The number of nitrogens with zero attached hydrogens (tertiary/aromatic N) is 2. The van der Waals surface area contributed by atoms with E-state index in [0.717, 1.165) is 18.4 Å². The van der Waals surface area contributed by atoms with Crippen LogP contribution < -0.4 is 0 Å². The Morgan fingerprint density at radius 2 is 2.00 bits per heavy atom. The summed E-state index contributed by atoms with van der Waals surface area (Å²) in [5.41, 5.74) is 1.06. The van der Waals surface area contributed by atoms with Gasteiger partial charge in [-0.15, -0.1) is 21.8 Å². The van der Waals surface area contributed by atoms with Gasteiger partial charge in [-0.2, -0.15) is 0 Å². The average molecular weight is 271 g/mol. The number of benzene rings is 1. The first-order chi connectivity index (χ1) is 8.28. The highest BCUT2D eigenvalue weighted by molar-refractivity contribution is 6.30. The van der Waals surface area contributed by atoms with Gasteiger partial charge < -0.3 is 4.42 Å². The molecule has 0 N–H and O–H groups in total. The van der Waals surface area contributed by atoms with Crippen LogP contribution in [0.5, 0.6) is 0 Å². The van der Waals surface area contributed by atoms with E-state index in [-0.39, 0.29) is 0 Å². The Morgan fingerprint density at radius 1 is 1.18 bits per heavy atom. The second kappa shape index (κ2) is 6.03. The van der Waals surface area contributed by atoms with E-state index in [9.17, 15) is 0 Å². The van der Waals surface area contributed by atoms with Crippen LogP contribution in [0.25, 0.3) is 0 Å². The van der Waals surface area contributed by atoms with E-state index in [0.29, 0.717) is 29.1 Å². The van der Waals surface area contributed by atoms with Crippen molar-refractivity contribution in [3.8, 4) is 0 Å². The third-order valence-corrected chi connectivity index (χ3v) is 2.78. The summed E-state index contributed by atoms with van der Waals surface area (Å²) in [5.74, 6) is 1.85. The number of hydrogen-bond acceptors (Lipinski definition) is 3. The van der Waals surface area contributed by atoms with Crippen LogP contribution in [0.15, 0.2) is 28.7 Å². The minimum Gasteiger partial charge on any atom is -0.425 e. The molecular formula is C12H12Cl2N2O. The second-order valence-electron chi connectivity index (χ2n) is 3.69. The molecule has 0 saturated carbocycles. The van der Waals surface area contributed by atoms with E-state index >= 15 is 0 Å². The molecule has 1 aromatic heterocycles. The van der Waals surface area contributed by atoms with Crippen LogP contribution in [0, 0.1) is 0 Å². The molecule has 0 aliphatic rings. The van der Waals surface area contributed by atoms with Gasteiger partial charge in [0.05, 0.1) is 6.42 Å². The zero-order chi connectivity index (χ0) is 12.1. The summed E-state index contributed by atoms with van der Waals surface area (Å²) >= 11 is 11.5. The molecule has 0 saturated heterocycles. The van der Waals surface area contributed by atoms with E-state index in [1.165, 1.54) is 0 Å². The molecule has 5 heteroatoms. The van der Waals surface area contributed by atoms with Gasteiger partial charge in [0.25, 0.3) is 0 Å². The largest absolute Gasteiger partial charge is 0.425 e. The first kappa shape index (κ1) is 12.4. The summed E-state index contributed by atoms with van der Waals surface area (Å²) in [6, 6.07) is 7.62. The predicted octanol–water partition coefficient (Wildman–Crippen LogP) is 3.49. The number of aromatic nitrogens is 2. The van der Waals surface area contributed by atoms with Gasteiger partial charge in [0.1, 0.15) is 0 Å². The Hall–Kier alpha value is -1.06. The third-order valence-electron chi connectivity index (χ3n) is 2.28. The molecule has 1 aromatic carbocycles. The number of rotatable bonds is 5. The van der Waals surface area contributed by atoms with Crippen LogP contribution >= 0.6 is 23.2 Å². The van der Waals surface area contributed by atoms with Crippen molar-refractivity contribution in [2.24, 2.45) is 0 Å². The predicted molar refractivity (Wildman–Crippen MR) is 67.6 cm³/mol. The van der Waals surface area contributed by atoms with Gasteiger partial charge in [0.2, 0.25) is 11.8 Å². The minimum absolute atomic E-state index is 0.603. The van der Waals surface area contributed by atoms with Gasteiger partial charge >= 0.3 is 0 Å². The lowest BCUT2D eigenvalue weighted by molar-refractivity contribution is 0.455. The Morgan fingerprint density at radius 3 is 2.76 bits per heavy atom. The molecule has 0 aliphatic carbocycles. The van der Waals surface area contributed by atoms with Gasteiger partial charge in [-0.05, 0) is 24.1 Å². The van der Waals surface area contributed by atoms with Crippen molar-refractivity contribution in [2.75, 3.05) is 5.88 Å². The molecule has 0 spiro atoms. The van der Waals surface area contributed by atoms with Gasteiger partial charge in [-0.25, -0.2) is 0 Å². The molecular weight excluding hydrogens is 259 g/mol. The fourth-order valence-electron chi connectivity index (χ4n) is 1.50. The van der Waals surface area contributed by atoms with Gasteiger partial charge in [-0.3, -0.25) is 0 Å². The fraction of sp³-hybridized carbons (Fsp3) is 0.333. The molecule has 0 radical (unpaired) electrons. The zero-order valence-electron chi connectivity index (χ0n) is 9.20. The maximum atomic E-state index is 5.90. The smallest absolute Gasteiger partial charge is 0.220 e. The monoisotopic (exact) mass is 270 g/mol. The Labute approximate surface area is 110 Å². The summed E-state index contributed by atoms with van der Waals surface area (Å²) in [6.45, 7) is 0. The third kappa shape index (κ3) is 3.72. The highest BCUT2D eigenvalue weighted by Gasteiger charge is 2.06. The van der Waals surface area contributed by atoms with Gasteiger partial charge in [-0.1, -0.05) is 23.7 Å². The molecule has 90 valence electrons. The standard InChI is InChI=1S/C12H12Cl2N2O/c13-6-2-5-11-15-16-12(17-11)8-9-3-1-4-10(14)7-9/h1,3-4,7H,2,5-6,8H2. The summed E-state index contributed by atoms with van der Waals surface area (Å²) in [5, 5.41) is 8.67. The molecule has 0 atom stereocenters. The van der Waals surface area contributed by atoms with Crippen molar-refractivity contribution in [3.05, 3.63) is 46.6 Å². The average Bonchev–Trinajstić information content (AvgIpc) is 2.74. The number of aryl methyl sites for hydroxylation is 1. The van der Waals surface area contributed by atoms with Crippen molar-refractivity contribution in [1.29, 1.82) is 0 Å². The Kier molecular flexibility index (Phi) is 4.40. The van der Waals surface area contributed by atoms with Gasteiger partial charge in [0, 0.05) is 17.3 Å². The highest BCUT2D eigenvalue weighted by atomic mass is 35.5. The molecule has 0 aliphatic heterocycles. The number of halogens is 2. The van der Waals surface area contributed by atoms with Crippen LogP contribution in [-0.2, 0) is 12.8 Å². The lowest BCUT2D eigenvalue weighted by Crippen LogP contribution is -1.87. The molecule has 2 rings (SSSR count). The van der Waals surface area contributed by atoms with E-state index in [4.69, 9.17) is 27.6 Å². The summed E-state index contributed by atoms with van der Waals surface area (Å²) in [4.78, 5) is 0. The van der Waals surface area contributed by atoms with Crippen LogP contribution in [0.4, 0.5) is 0 Å². The molecule has 0 amide bonds. The minimum atomic E-state index is 0.603. The molecule has 0 bridgehead atoms. The first-order valence-corrected chi connectivity index (χ1v) is 6.31. The number of hydrogen-bond donors (Lipinski definition) is 0. The maximum Gasteiger partial charge on any atom is 0.220 e. The SMILES string of the molecule is ClCCCc1nnc(Cc2cccc(Cl)c2)o1. The number of alkyl halides is 1. The van der Waals surface area contributed by atoms with E-state index in [2.05, 4.69) is 10.2 Å². The van der Waals surface area contributed by atoms with E-state index in [1.807, 2.05) is 24.3 Å². The van der Waals surface area contributed by atoms with Crippen molar-refractivity contribution in [2.45, 2.75) is 19.3 Å². The second-order valence-corrected chi connectivity index (χ2v) is 4.50. The molecule has 3 nitrogen and oxygen atoms in total. The molecule has 0 unspecified atom stereocenters. The Balaban J connectivity index is 2.01. The summed E-state index contributed by atoms with van der Waals surface area (Å²) < 4.78 is 5.51. The normalized spacial score (nSPS) is 10.7. The van der Waals surface area contributed by atoms with Crippen LogP contribution in [0.2, 0.25) is 5.02 Å². The zero-order valence-corrected chi connectivity index (χ0v) is 10.7. The highest BCUT2D eigenvalue weighted by Crippen LogP contribution is 2.14. The van der Waals surface area contributed by atoms with Crippen LogP contribution in [-0.4, -0.2) is 16.1 Å². The molecule has 17 heavy (non-hydrogen) atoms. The van der Waals surface area contributed by atoms with Gasteiger partial charge in [0.15, 0.2) is 0 Å². The van der Waals surface area contributed by atoms with Crippen molar-refractivity contribution in [1.82, 2.24) is 10.2 Å². The Bertz CT molecular complexity index is 485. The van der Waals surface area contributed by atoms with Crippen LogP contribution in [0.1, 0.15) is 23.8 Å². The quantitative estimate of drug-likeness (QED) is 0.781. The van der Waals surface area contributed by atoms with E-state index < -0.39 is 0 Å². The van der Waals surface area contributed by atoms with Crippen LogP contribution in [0.3, 0.4) is 0 Å². The van der Waals surface area contributed by atoms with Crippen molar-refractivity contribution in [3.63, 3.8) is 0 Å². The molecule has 2 aromatic rings. The fourth-order valence-corrected chi connectivity index (χ4v) is 1.85. The first-order valence-electron chi connectivity index (χ1n) is 5.39. The summed E-state index contributed by atoms with van der Waals surface area (Å²) in [6.07, 6.45) is 2.18. The molecule has 1 heterocycles. The maximum absolute atomic E-state index is 5.90. The summed E-state index contributed by atoms with van der Waals surface area (Å²) in [7, 11) is 0. The topological polar surface area (TPSA) is 38.9 Å². The van der Waals surface area contributed by atoms with Crippen molar-refractivity contribution >= 4 is 23.2 Å². The molecule has 0 fully saturated rings. The lowest BCUT2D eigenvalue weighted by atomic mass is 10.1. The van der Waals surface area contributed by atoms with E-state index in [1.54, 1.807) is 0 Å².